The van der Waals surface area contributed by atoms with Crippen LogP contribution in [0.5, 0.6) is 0 Å². The predicted octanol–water partition coefficient (Wildman–Crippen LogP) is 1.55. The summed E-state index contributed by atoms with van der Waals surface area (Å²) in [6.07, 6.45) is 1.99. The normalized spacial score (nSPS) is 26.2. The number of nitrogens with zero attached hydrogens (tertiary/aromatic N) is 1. The van der Waals surface area contributed by atoms with Crippen LogP contribution in [0.25, 0.3) is 0 Å². The first kappa shape index (κ1) is 12.8. The van der Waals surface area contributed by atoms with Gasteiger partial charge in [-0.1, -0.05) is 17.7 Å². The molecular weight excluding hydrogens is 264 g/mol. The van der Waals surface area contributed by atoms with Crippen LogP contribution in [-0.4, -0.2) is 30.1 Å². The molecule has 0 radical (unpaired) electrons. The van der Waals surface area contributed by atoms with Crippen molar-refractivity contribution in [3.8, 4) is 0 Å². The molecule has 1 aromatic rings. The van der Waals surface area contributed by atoms with Crippen LogP contribution in [-0.2, 0) is 11.4 Å². The number of aliphatic hydroxyl groups excluding tert-OH is 1. The summed E-state index contributed by atoms with van der Waals surface area (Å²) >= 11 is 6.15. The van der Waals surface area contributed by atoms with Crippen LogP contribution in [0.2, 0.25) is 5.02 Å². The van der Waals surface area contributed by atoms with Gasteiger partial charge in [-0.2, -0.15) is 0 Å². The highest BCUT2D eigenvalue weighted by Crippen LogP contribution is 2.33. The standard InChI is InChI=1S/C14H17ClN2O2/c15-12-6-10(4-3-9(12)8-18)17-5-1-2-11-13(17)7-16-14(11)19/h3-4,6,11,13,18H,1-2,5,7-8H2,(H,16,19). The number of fused-ring (bicyclic) bond motifs is 1. The molecular formula is C14H17ClN2O2. The van der Waals surface area contributed by atoms with E-state index in [-0.39, 0.29) is 24.5 Å². The predicted molar refractivity (Wildman–Crippen MR) is 74.2 cm³/mol. The van der Waals surface area contributed by atoms with Crippen molar-refractivity contribution in [3.05, 3.63) is 28.8 Å². The van der Waals surface area contributed by atoms with Gasteiger partial charge >= 0.3 is 0 Å². The molecule has 2 unspecified atom stereocenters. The minimum Gasteiger partial charge on any atom is -0.392 e. The van der Waals surface area contributed by atoms with Gasteiger partial charge < -0.3 is 15.3 Å². The van der Waals surface area contributed by atoms with E-state index in [0.717, 1.165) is 30.6 Å². The zero-order chi connectivity index (χ0) is 13.4. The van der Waals surface area contributed by atoms with Gasteiger partial charge in [0, 0.05) is 23.8 Å². The first-order valence-electron chi connectivity index (χ1n) is 6.64. The molecule has 2 N–H and O–H groups in total. The average Bonchev–Trinajstić information content (AvgIpc) is 2.80. The van der Waals surface area contributed by atoms with Crippen molar-refractivity contribution in [2.24, 2.45) is 5.92 Å². The summed E-state index contributed by atoms with van der Waals surface area (Å²) < 4.78 is 0. The molecule has 0 saturated carbocycles. The lowest BCUT2D eigenvalue weighted by atomic mass is 9.91. The van der Waals surface area contributed by atoms with Gasteiger partial charge in [-0.25, -0.2) is 0 Å². The second-order valence-corrected chi connectivity index (χ2v) is 5.60. The lowest BCUT2D eigenvalue weighted by Crippen LogP contribution is -2.45. The van der Waals surface area contributed by atoms with Crippen LogP contribution in [0.4, 0.5) is 5.69 Å². The molecule has 2 saturated heterocycles. The third-order valence-electron chi connectivity index (χ3n) is 4.14. The van der Waals surface area contributed by atoms with E-state index in [1.54, 1.807) is 0 Å². The molecule has 0 spiro atoms. The average molecular weight is 281 g/mol. The zero-order valence-electron chi connectivity index (χ0n) is 10.6. The molecule has 0 aliphatic carbocycles. The van der Waals surface area contributed by atoms with Crippen LogP contribution in [0.1, 0.15) is 18.4 Å². The SMILES string of the molecule is O=C1NCC2C1CCCN2c1ccc(CO)c(Cl)c1. The minimum absolute atomic E-state index is 0.0504. The van der Waals surface area contributed by atoms with Crippen LogP contribution < -0.4 is 10.2 Å². The maximum atomic E-state index is 11.8. The van der Waals surface area contributed by atoms with Crippen LogP contribution >= 0.6 is 11.6 Å². The number of halogens is 1. The zero-order valence-corrected chi connectivity index (χ0v) is 11.4. The molecule has 4 nitrogen and oxygen atoms in total. The number of aliphatic hydroxyl groups is 1. The smallest absolute Gasteiger partial charge is 0.225 e. The summed E-state index contributed by atoms with van der Waals surface area (Å²) in [6, 6.07) is 5.95. The fraction of sp³-hybridized carbons (Fsp3) is 0.500. The minimum atomic E-state index is -0.0504. The summed E-state index contributed by atoms with van der Waals surface area (Å²) in [5.74, 6) is 0.276. The van der Waals surface area contributed by atoms with E-state index in [4.69, 9.17) is 16.7 Å². The second-order valence-electron chi connectivity index (χ2n) is 5.19. The maximum absolute atomic E-state index is 11.8. The number of hydrogen-bond donors (Lipinski definition) is 2. The number of nitrogens with one attached hydrogen (secondary N) is 1. The molecule has 2 aliphatic rings. The molecule has 19 heavy (non-hydrogen) atoms. The van der Waals surface area contributed by atoms with Crippen molar-refractivity contribution < 1.29 is 9.90 Å². The molecule has 0 aromatic heterocycles. The Morgan fingerprint density at radius 3 is 3.05 bits per heavy atom. The van der Waals surface area contributed by atoms with Gasteiger partial charge in [0.2, 0.25) is 5.91 Å². The first-order chi connectivity index (χ1) is 9.20. The molecule has 102 valence electrons. The fourth-order valence-corrected chi connectivity index (χ4v) is 3.35. The van der Waals surface area contributed by atoms with Crippen molar-refractivity contribution in [2.45, 2.75) is 25.5 Å². The van der Waals surface area contributed by atoms with Crippen molar-refractivity contribution in [3.63, 3.8) is 0 Å². The Morgan fingerprint density at radius 2 is 2.32 bits per heavy atom. The fourth-order valence-electron chi connectivity index (χ4n) is 3.12. The number of hydrogen-bond acceptors (Lipinski definition) is 3. The lowest BCUT2D eigenvalue weighted by Gasteiger charge is -2.37. The quantitative estimate of drug-likeness (QED) is 0.864. The molecule has 2 aliphatic heterocycles. The summed E-state index contributed by atoms with van der Waals surface area (Å²) in [6.45, 7) is 1.61. The van der Waals surface area contributed by atoms with Gasteiger partial charge in [-0.05, 0) is 30.5 Å². The number of amides is 1. The van der Waals surface area contributed by atoms with Crippen molar-refractivity contribution in [1.82, 2.24) is 5.32 Å². The van der Waals surface area contributed by atoms with E-state index in [1.165, 1.54) is 0 Å². The summed E-state index contributed by atoms with van der Waals surface area (Å²) in [5, 5.41) is 12.7. The van der Waals surface area contributed by atoms with Gasteiger partial charge in [0.25, 0.3) is 0 Å². The van der Waals surface area contributed by atoms with Crippen molar-refractivity contribution in [2.75, 3.05) is 18.0 Å². The Kier molecular flexibility index (Phi) is 3.37. The highest BCUT2D eigenvalue weighted by molar-refractivity contribution is 6.31. The van der Waals surface area contributed by atoms with Gasteiger partial charge in [0.05, 0.1) is 18.6 Å². The third-order valence-corrected chi connectivity index (χ3v) is 4.49. The Hall–Kier alpha value is -1.26. The van der Waals surface area contributed by atoms with Gasteiger partial charge in [-0.3, -0.25) is 4.79 Å². The topological polar surface area (TPSA) is 52.6 Å². The summed E-state index contributed by atoms with van der Waals surface area (Å²) in [4.78, 5) is 14.0. The van der Waals surface area contributed by atoms with E-state index >= 15 is 0 Å². The molecule has 1 aromatic carbocycles. The number of piperidine rings is 1. The van der Waals surface area contributed by atoms with E-state index in [0.29, 0.717) is 11.6 Å². The van der Waals surface area contributed by atoms with Crippen LogP contribution in [0.15, 0.2) is 18.2 Å². The first-order valence-corrected chi connectivity index (χ1v) is 7.02. The lowest BCUT2D eigenvalue weighted by molar-refractivity contribution is -0.122. The van der Waals surface area contributed by atoms with E-state index in [1.807, 2.05) is 18.2 Å². The molecule has 2 fully saturated rings. The maximum Gasteiger partial charge on any atom is 0.225 e. The summed E-state index contributed by atoms with van der Waals surface area (Å²) in [5.41, 5.74) is 1.77. The van der Waals surface area contributed by atoms with Crippen LogP contribution in [0, 0.1) is 5.92 Å². The number of carbonyl (C=O) groups is 1. The van der Waals surface area contributed by atoms with E-state index < -0.39 is 0 Å². The number of rotatable bonds is 2. The summed E-state index contributed by atoms with van der Waals surface area (Å²) in [7, 11) is 0. The Balaban J connectivity index is 1.89. The molecule has 0 bridgehead atoms. The van der Waals surface area contributed by atoms with E-state index in [2.05, 4.69) is 10.2 Å². The Bertz CT molecular complexity index is 506. The molecule has 2 heterocycles. The molecule has 3 rings (SSSR count). The largest absolute Gasteiger partial charge is 0.392 e. The van der Waals surface area contributed by atoms with Gasteiger partial charge in [0.1, 0.15) is 0 Å². The van der Waals surface area contributed by atoms with Crippen molar-refractivity contribution in [1.29, 1.82) is 0 Å². The van der Waals surface area contributed by atoms with Gasteiger partial charge in [-0.15, -0.1) is 0 Å². The number of benzene rings is 1. The number of anilines is 1. The highest BCUT2D eigenvalue weighted by atomic mass is 35.5. The van der Waals surface area contributed by atoms with Crippen LogP contribution in [0.3, 0.4) is 0 Å². The highest BCUT2D eigenvalue weighted by Gasteiger charge is 2.40. The third kappa shape index (κ3) is 2.19. The van der Waals surface area contributed by atoms with Crippen molar-refractivity contribution >= 4 is 23.2 Å². The Morgan fingerprint density at radius 1 is 1.47 bits per heavy atom. The molecule has 1 amide bonds. The van der Waals surface area contributed by atoms with E-state index in [9.17, 15) is 4.79 Å². The van der Waals surface area contributed by atoms with Gasteiger partial charge in [0.15, 0.2) is 0 Å². The second kappa shape index (κ2) is 5.02. The monoisotopic (exact) mass is 280 g/mol. The molecule has 2 atom stereocenters. The molecule has 5 heteroatoms. The number of carbonyl (C=O) groups excluding carboxylic acids is 1. The Labute approximate surface area is 117 Å².